The van der Waals surface area contributed by atoms with Gasteiger partial charge in [-0.05, 0) is 70.5 Å². The topological polar surface area (TPSA) is 20.2 Å². The average Bonchev–Trinajstić information content (AvgIpc) is 2.90. The lowest BCUT2D eigenvalue weighted by atomic mass is 9.83. The summed E-state index contributed by atoms with van der Waals surface area (Å²) in [4.78, 5) is 0. The van der Waals surface area contributed by atoms with E-state index in [1.54, 1.807) is 0 Å². The standard InChI is InChI=1S/C26H26O/c1-16-17(2)19(4)25(18(16)3)24-14-13-20-9-5-7-11-22(20)26(24)23-12-8-6-10-21(23)15-27/h5-14,18,27H,15H2,1-4H3. The summed E-state index contributed by atoms with van der Waals surface area (Å²) in [6, 6.07) is 21.3. The van der Waals surface area contributed by atoms with Gasteiger partial charge in [0.1, 0.15) is 0 Å². The van der Waals surface area contributed by atoms with Crippen LogP contribution in [0, 0.1) is 5.92 Å². The summed E-state index contributed by atoms with van der Waals surface area (Å²) in [6.45, 7) is 9.08. The van der Waals surface area contributed by atoms with E-state index in [-0.39, 0.29) is 6.61 Å². The molecule has 1 heteroatoms. The van der Waals surface area contributed by atoms with E-state index in [9.17, 15) is 5.11 Å². The maximum absolute atomic E-state index is 9.98. The summed E-state index contributed by atoms with van der Waals surface area (Å²) < 4.78 is 0. The van der Waals surface area contributed by atoms with Crippen molar-refractivity contribution in [3.63, 3.8) is 0 Å². The summed E-state index contributed by atoms with van der Waals surface area (Å²) in [6.07, 6.45) is 0. The normalized spacial score (nSPS) is 17.3. The van der Waals surface area contributed by atoms with Crippen molar-refractivity contribution in [2.24, 2.45) is 5.92 Å². The van der Waals surface area contributed by atoms with E-state index in [0.29, 0.717) is 5.92 Å². The lowest BCUT2D eigenvalue weighted by Crippen LogP contribution is -2.01. The fourth-order valence-corrected chi connectivity index (χ4v) is 4.49. The molecule has 1 N–H and O–H groups in total. The Balaban J connectivity index is 2.10. The van der Waals surface area contributed by atoms with Crippen molar-refractivity contribution in [3.8, 4) is 11.1 Å². The Bertz CT molecular complexity index is 1100. The van der Waals surface area contributed by atoms with E-state index in [1.807, 2.05) is 12.1 Å². The van der Waals surface area contributed by atoms with Crippen molar-refractivity contribution >= 4 is 16.3 Å². The van der Waals surface area contributed by atoms with Crippen molar-refractivity contribution < 1.29 is 5.11 Å². The number of rotatable bonds is 3. The second-order valence-corrected chi connectivity index (χ2v) is 7.59. The molecule has 1 unspecified atom stereocenters. The lowest BCUT2D eigenvalue weighted by molar-refractivity contribution is 0.282. The van der Waals surface area contributed by atoms with Crippen LogP contribution in [0.5, 0.6) is 0 Å². The Morgan fingerprint density at radius 1 is 0.778 bits per heavy atom. The van der Waals surface area contributed by atoms with E-state index in [2.05, 4.69) is 76.2 Å². The van der Waals surface area contributed by atoms with Crippen LogP contribution >= 0.6 is 0 Å². The summed E-state index contributed by atoms with van der Waals surface area (Å²) in [5.41, 5.74) is 10.3. The van der Waals surface area contributed by atoms with Gasteiger partial charge < -0.3 is 5.11 Å². The first kappa shape index (κ1) is 17.8. The molecule has 0 amide bonds. The van der Waals surface area contributed by atoms with Crippen LogP contribution in [-0.2, 0) is 6.61 Å². The van der Waals surface area contributed by atoms with Gasteiger partial charge in [-0.15, -0.1) is 0 Å². The largest absolute Gasteiger partial charge is 0.392 e. The third-order valence-corrected chi connectivity index (χ3v) is 6.32. The molecule has 0 heterocycles. The van der Waals surface area contributed by atoms with Gasteiger partial charge in [0.05, 0.1) is 6.61 Å². The molecule has 1 aliphatic carbocycles. The van der Waals surface area contributed by atoms with Crippen molar-refractivity contribution in [1.29, 1.82) is 0 Å². The zero-order valence-electron chi connectivity index (χ0n) is 16.5. The third-order valence-electron chi connectivity index (χ3n) is 6.32. The minimum atomic E-state index is 0.0444. The fraction of sp³-hybridized carbons (Fsp3) is 0.231. The number of aliphatic hydroxyl groups is 1. The quantitative estimate of drug-likeness (QED) is 0.551. The van der Waals surface area contributed by atoms with Gasteiger partial charge in [-0.3, -0.25) is 0 Å². The Labute approximate surface area is 161 Å². The Hall–Kier alpha value is -2.64. The molecule has 3 aromatic rings. The molecule has 0 radical (unpaired) electrons. The van der Waals surface area contributed by atoms with Crippen LogP contribution in [0.3, 0.4) is 0 Å². The minimum absolute atomic E-state index is 0.0444. The van der Waals surface area contributed by atoms with Gasteiger partial charge in [0, 0.05) is 5.92 Å². The van der Waals surface area contributed by atoms with Crippen molar-refractivity contribution in [2.75, 3.05) is 0 Å². The van der Waals surface area contributed by atoms with E-state index in [1.165, 1.54) is 44.2 Å². The molecular weight excluding hydrogens is 328 g/mol. The van der Waals surface area contributed by atoms with Gasteiger partial charge in [0.2, 0.25) is 0 Å². The Morgan fingerprint density at radius 2 is 1.48 bits per heavy atom. The van der Waals surface area contributed by atoms with Crippen LogP contribution in [-0.4, -0.2) is 5.11 Å². The summed E-state index contributed by atoms with van der Waals surface area (Å²) in [5.74, 6) is 0.409. The Morgan fingerprint density at radius 3 is 2.19 bits per heavy atom. The lowest BCUT2D eigenvalue weighted by Gasteiger charge is -2.21. The second kappa shape index (κ2) is 6.83. The first-order valence-electron chi connectivity index (χ1n) is 9.64. The van der Waals surface area contributed by atoms with Gasteiger partial charge in [0.15, 0.2) is 0 Å². The molecule has 0 spiro atoms. The molecule has 4 rings (SSSR count). The molecule has 0 saturated heterocycles. The van der Waals surface area contributed by atoms with E-state index < -0.39 is 0 Å². The van der Waals surface area contributed by atoms with Gasteiger partial charge >= 0.3 is 0 Å². The molecule has 0 aromatic heterocycles. The van der Waals surface area contributed by atoms with Gasteiger partial charge in [-0.1, -0.05) is 73.2 Å². The van der Waals surface area contributed by atoms with Gasteiger partial charge in [0.25, 0.3) is 0 Å². The number of allylic oxidation sites excluding steroid dienone is 4. The van der Waals surface area contributed by atoms with Crippen LogP contribution in [0.1, 0.15) is 38.8 Å². The zero-order valence-corrected chi connectivity index (χ0v) is 16.5. The predicted molar refractivity (Wildman–Crippen MR) is 115 cm³/mol. The fourth-order valence-electron chi connectivity index (χ4n) is 4.49. The molecule has 1 aliphatic rings. The zero-order chi connectivity index (χ0) is 19.1. The van der Waals surface area contributed by atoms with E-state index in [0.717, 1.165) is 11.1 Å². The van der Waals surface area contributed by atoms with Gasteiger partial charge in [-0.25, -0.2) is 0 Å². The van der Waals surface area contributed by atoms with Crippen molar-refractivity contribution in [3.05, 3.63) is 88.5 Å². The smallest absolute Gasteiger partial charge is 0.0687 e. The average molecular weight is 354 g/mol. The Kier molecular flexibility index (Phi) is 4.49. The first-order chi connectivity index (χ1) is 13.0. The third kappa shape index (κ3) is 2.74. The van der Waals surface area contributed by atoms with Crippen LogP contribution in [0.25, 0.3) is 27.5 Å². The van der Waals surface area contributed by atoms with Crippen LogP contribution in [0.4, 0.5) is 0 Å². The number of hydrogen-bond acceptors (Lipinski definition) is 1. The first-order valence-corrected chi connectivity index (χ1v) is 9.64. The number of aliphatic hydroxyl groups excluding tert-OH is 1. The summed E-state index contributed by atoms with van der Waals surface area (Å²) in [7, 11) is 0. The molecule has 136 valence electrons. The number of fused-ring (bicyclic) bond motifs is 1. The molecule has 0 fully saturated rings. The SMILES string of the molecule is CC1=C(C)C(C)C(c2ccc3ccccc3c2-c2ccccc2CO)=C1C. The second-order valence-electron chi connectivity index (χ2n) is 7.59. The molecule has 1 atom stereocenters. The van der Waals surface area contributed by atoms with E-state index >= 15 is 0 Å². The maximum atomic E-state index is 9.98. The molecular formula is C26H26O. The minimum Gasteiger partial charge on any atom is -0.392 e. The number of hydrogen-bond donors (Lipinski definition) is 1. The monoisotopic (exact) mass is 354 g/mol. The summed E-state index contributed by atoms with van der Waals surface area (Å²) >= 11 is 0. The molecule has 1 nitrogen and oxygen atoms in total. The predicted octanol–water partition coefficient (Wildman–Crippen LogP) is 6.76. The highest BCUT2D eigenvalue weighted by Gasteiger charge is 2.27. The van der Waals surface area contributed by atoms with Crippen molar-refractivity contribution in [2.45, 2.75) is 34.3 Å². The van der Waals surface area contributed by atoms with Crippen LogP contribution in [0.2, 0.25) is 0 Å². The molecule has 0 bridgehead atoms. The number of benzene rings is 3. The van der Waals surface area contributed by atoms with Crippen molar-refractivity contribution in [1.82, 2.24) is 0 Å². The molecule has 0 aliphatic heterocycles. The highest BCUT2D eigenvalue weighted by atomic mass is 16.3. The summed E-state index contributed by atoms with van der Waals surface area (Å²) in [5, 5.41) is 12.4. The van der Waals surface area contributed by atoms with E-state index in [4.69, 9.17) is 0 Å². The maximum Gasteiger partial charge on any atom is 0.0687 e. The van der Waals surface area contributed by atoms with Gasteiger partial charge in [-0.2, -0.15) is 0 Å². The molecule has 0 saturated carbocycles. The van der Waals surface area contributed by atoms with Crippen LogP contribution in [0.15, 0.2) is 77.4 Å². The highest BCUT2D eigenvalue weighted by molar-refractivity contribution is 6.04. The highest BCUT2D eigenvalue weighted by Crippen LogP contribution is 2.47. The molecule has 27 heavy (non-hydrogen) atoms. The van der Waals surface area contributed by atoms with Crippen LogP contribution < -0.4 is 0 Å². The molecule has 3 aromatic carbocycles.